The highest BCUT2D eigenvalue weighted by molar-refractivity contribution is 6.39. The molecule has 32 heavy (non-hydrogen) atoms. The number of amidine groups is 1. The molecule has 0 saturated carbocycles. The minimum atomic E-state index is -0.467. The summed E-state index contributed by atoms with van der Waals surface area (Å²) in [5.41, 5.74) is 2.25. The zero-order valence-corrected chi connectivity index (χ0v) is 19.7. The molecule has 1 fully saturated rings. The number of fused-ring (bicyclic) bond motifs is 1. The molecule has 0 bridgehead atoms. The van der Waals surface area contributed by atoms with Crippen LogP contribution < -0.4 is 10.6 Å². The summed E-state index contributed by atoms with van der Waals surface area (Å²) in [6.45, 7) is 7.77. The summed E-state index contributed by atoms with van der Waals surface area (Å²) in [5, 5.41) is 23.5. The second-order valence-electron chi connectivity index (χ2n) is 8.99. The minimum absolute atomic E-state index is 0.0679. The second-order valence-corrected chi connectivity index (χ2v) is 8.99. The standard InChI is InChI=1S/C24H37N7O/c1-5-6-9-19(12-18-13-27-21-11-8-7-10-20(18)21)28-23(32)22(25)29-24(26)31-14-16(2)30(4)17(3)15-31/h7-8,10-11,13,16-17,19,27H,5-6,9,12,14-15H2,1-4H3,(H,28,32)(H3,25,26,29)/t16-,17-,19?/m1/s1. The first-order chi connectivity index (χ1) is 15.3. The van der Waals surface area contributed by atoms with Gasteiger partial charge in [0.1, 0.15) is 0 Å². The van der Waals surface area contributed by atoms with E-state index in [1.54, 1.807) is 0 Å². The van der Waals surface area contributed by atoms with Crippen LogP contribution in [0.1, 0.15) is 45.6 Å². The Kier molecular flexibility index (Phi) is 7.90. The van der Waals surface area contributed by atoms with E-state index in [1.807, 2.05) is 29.3 Å². The number of carbonyl (C=O) groups excluding carboxylic acids is 1. The van der Waals surface area contributed by atoms with Gasteiger partial charge < -0.3 is 20.5 Å². The van der Waals surface area contributed by atoms with Gasteiger partial charge in [-0.1, -0.05) is 38.0 Å². The number of unbranched alkanes of at least 4 members (excludes halogenated alkanes) is 1. The molecule has 2 aromatic rings. The molecule has 1 aliphatic rings. The van der Waals surface area contributed by atoms with Crippen LogP contribution in [0.3, 0.4) is 0 Å². The molecule has 1 unspecified atom stereocenters. The van der Waals surface area contributed by atoms with E-state index < -0.39 is 5.91 Å². The highest BCUT2D eigenvalue weighted by Gasteiger charge is 2.29. The van der Waals surface area contributed by atoms with Crippen LogP contribution in [0, 0.1) is 10.8 Å². The first-order valence-electron chi connectivity index (χ1n) is 11.6. The average molecular weight is 440 g/mol. The molecule has 3 rings (SSSR count). The van der Waals surface area contributed by atoms with Crippen LogP contribution in [-0.2, 0) is 11.2 Å². The second kappa shape index (κ2) is 10.6. The molecular weight excluding hydrogens is 402 g/mol. The topological polar surface area (TPSA) is 111 Å². The van der Waals surface area contributed by atoms with Crippen molar-refractivity contribution in [2.45, 2.75) is 64.6 Å². The fourth-order valence-corrected chi connectivity index (χ4v) is 4.34. The third kappa shape index (κ3) is 5.68. The number of aromatic nitrogens is 1. The Morgan fingerprint density at radius 3 is 2.59 bits per heavy atom. The molecule has 5 N–H and O–H groups in total. The number of hydrogen-bond acceptors (Lipinski definition) is 4. The largest absolute Gasteiger partial charge is 0.361 e. The van der Waals surface area contributed by atoms with E-state index in [2.05, 4.69) is 54.4 Å². The molecule has 8 heteroatoms. The molecule has 8 nitrogen and oxygen atoms in total. The van der Waals surface area contributed by atoms with Crippen molar-refractivity contribution in [3.63, 3.8) is 0 Å². The van der Waals surface area contributed by atoms with Gasteiger partial charge in [-0.25, -0.2) is 0 Å². The predicted molar refractivity (Wildman–Crippen MR) is 130 cm³/mol. The lowest BCUT2D eigenvalue weighted by molar-refractivity contribution is -0.115. The molecular formula is C24H37N7O. The van der Waals surface area contributed by atoms with Gasteiger partial charge in [-0.05, 0) is 45.4 Å². The molecule has 0 aliphatic carbocycles. The van der Waals surface area contributed by atoms with E-state index in [0.717, 1.165) is 35.7 Å². The summed E-state index contributed by atoms with van der Waals surface area (Å²) < 4.78 is 0. The summed E-state index contributed by atoms with van der Waals surface area (Å²) in [5.74, 6) is -0.640. The molecule has 2 heterocycles. The third-order valence-electron chi connectivity index (χ3n) is 6.53. The van der Waals surface area contributed by atoms with Crippen LogP contribution in [0.4, 0.5) is 0 Å². The molecule has 1 aliphatic heterocycles. The Morgan fingerprint density at radius 2 is 1.91 bits per heavy atom. The van der Waals surface area contributed by atoms with Crippen molar-refractivity contribution in [2.24, 2.45) is 0 Å². The van der Waals surface area contributed by atoms with Crippen molar-refractivity contribution < 1.29 is 4.79 Å². The number of rotatable bonds is 6. The van der Waals surface area contributed by atoms with E-state index in [-0.39, 0.29) is 17.8 Å². The highest BCUT2D eigenvalue weighted by atomic mass is 16.2. The van der Waals surface area contributed by atoms with Gasteiger partial charge in [0, 0.05) is 48.3 Å². The van der Waals surface area contributed by atoms with Crippen LogP contribution in [0.25, 0.3) is 10.9 Å². The van der Waals surface area contributed by atoms with Crippen LogP contribution >= 0.6 is 0 Å². The molecule has 1 aromatic heterocycles. The van der Waals surface area contributed by atoms with Gasteiger partial charge in [0.15, 0.2) is 11.8 Å². The Morgan fingerprint density at radius 1 is 1.22 bits per heavy atom. The minimum Gasteiger partial charge on any atom is -0.361 e. The first-order valence-corrected chi connectivity index (χ1v) is 11.6. The Hall–Kier alpha value is -2.87. The van der Waals surface area contributed by atoms with Crippen molar-refractivity contribution in [1.29, 1.82) is 10.8 Å². The van der Waals surface area contributed by atoms with Crippen LogP contribution in [-0.4, -0.2) is 70.7 Å². The Labute approximate surface area is 190 Å². The highest BCUT2D eigenvalue weighted by Crippen LogP contribution is 2.20. The monoisotopic (exact) mass is 439 g/mol. The number of amides is 1. The normalized spacial score (nSPS) is 20.2. The number of piperazine rings is 1. The number of H-pyrrole nitrogens is 1. The fraction of sp³-hybridized carbons (Fsp3) is 0.542. The lowest BCUT2D eigenvalue weighted by Crippen LogP contribution is -2.60. The van der Waals surface area contributed by atoms with Gasteiger partial charge in [0.05, 0.1) is 0 Å². The van der Waals surface area contributed by atoms with E-state index in [4.69, 9.17) is 10.8 Å². The van der Waals surface area contributed by atoms with Crippen LogP contribution in [0.2, 0.25) is 0 Å². The number of para-hydroxylation sites is 1. The molecule has 0 radical (unpaired) electrons. The smallest absolute Gasteiger partial charge is 0.286 e. The van der Waals surface area contributed by atoms with Gasteiger partial charge in [-0.15, -0.1) is 0 Å². The summed E-state index contributed by atoms with van der Waals surface area (Å²) in [4.78, 5) is 20.3. The molecule has 3 atom stereocenters. The van der Waals surface area contributed by atoms with E-state index >= 15 is 0 Å². The number of nitrogens with one attached hydrogen (secondary N) is 5. The van der Waals surface area contributed by atoms with E-state index in [9.17, 15) is 4.79 Å². The fourth-order valence-electron chi connectivity index (χ4n) is 4.34. The molecule has 0 spiro atoms. The molecule has 1 amide bonds. The third-order valence-corrected chi connectivity index (χ3v) is 6.53. The van der Waals surface area contributed by atoms with Crippen LogP contribution in [0.5, 0.6) is 0 Å². The number of likely N-dealkylation sites (N-methyl/N-ethyl adjacent to an activating group) is 1. The van der Waals surface area contributed by atoms with Crippen molar-refractivity contribution in [3.8, 4) is 0 Å². The quantitative estimate of drug-likeness (QED) is 0.352. The van der Waals surface area contributed by atoms with Crippen molar-refractivity contribution >= 4 is 28.6 Å². The number of guanidine groups is 1. The SMILES string of the molecule is CCCCC(Cc1c[nH]c2ccccc12)NC(=O)C(=N)NC(=N)N1C[C@@H](C)N(C)[C@H](C)C1. The Balaban J connectivity index is 1.60. The van der Waals surface area contributed by atoms with Gasteiger partial charge in [0.25, 0.3) is 5.91 Å². The van der Waals surface area contributed by atoms with Gasteiger partial charge in [0.2, 0.25) is 0 Å². The maximum Gasteiger partial charge on any atom is 0.286 e. The predicted octanol–water partition coefficient (Wildman–Crippen LogP) is 2.91. The van der Waals surface area contributed by atoms with Gasteiger partial charge >= 0.3 is 0 Å². The first kappa shape index (κ1) is 23.8. The zero-order chi connectivity index (χ0) is 23.3. The van der Waals surface area contributed by atoms with E-state index in [1.165, 1.54) is 0 Å². The van der Waals surface area contributed by atoms with E-state index in [0.29, 0.717) is 31.6 Å². The van der Waals surface area contributed by atoms with Gasteiger partial charge in [-0.3, -0.25) is 20.5 Å². The zero-order valence-electron chi connectivity index (χ0n) is 19.7. The molecule has 1 saturated heterocycles. The molecule has 1 aromatic carbocycles. The molecule has 174 valence electrons. The maximum absolute atomic E-state index is 12.8. The number of hydrogen-bond donors (Lipinski definition) is 5. The Bertz CT molecular complexity index is 941. The maximum atomic E-state index is 12.8. The number of aromatic amines is 1. The van der Waals surface area contributed by atoms with Gasteiger partial charge in [-0.2, -0.15) is 0 Å². The summed E-state index contributed by atoms with van der Waals surface area (Å²) in [7, 11) is 2.09. The number of benzene rings is 1. The summed E-state index contributed by atoms with van der Waals surface area (Å²) in [6.07, 6.45) is 5.60. The number of nitrogens with zero attached hydrogens (tertiary/aromatic N) is 2. The summed E-state index contributed by atoms with van der Waals surface area (Å²) in [6, 6.07) is 8.69. The summed E-state index contributed by atoms with van der Waals surface area (Å²) >= 11 is 0. The average Bonchev–Trinajstić information content (AvgIpc) is 3.18. The van der Waals surface area contributed by atoms with Crippen molar-refractivity contribution in [3.05, 3.63) is 36.0 Å². The number of carbonyl (C=O) groups is 1. The lowest BCUT2D eigenvalue weighted by Gasteiger charge is -2.43. The van der Waals surface area contributed by atoms with Crippen molar-refractivity contribution in [2.75, 3.05) is 20.1 Å². The van der Waals surface area contributed by atoms with Crippen molar-refractivity contribution in [1.82, 2.24) is 25.4 Å². The van der Waals surface area contributed by atoms with Crippen LogP contribution in [0.15, 0.2) is 30.5 Å². The lowest BCUT2D eigenvalue weighted by atomic mass is 10.0.